The standard InChI is InChI=1S/C16H10ClFN2O2/c1-22-14-5-3-10(17)7-12(14)16(18)11-4-2-9(8-19)6-13(11)20-15(16)21/h2-7H,1H3,(H,20,21). The molecule has 6 heteroatoms. The number of ether oxygens (including phenoxy) is 1. The molecule has 1 amide bonds. The summed E-state index contributed by atoms with van der Waals surface area (Å²) in [6, 6.07) is 10.7. The van der Waals surface area contributed by atoms with Crippen molar-refractivity contribution in [3.8, 4) is 11.8 Å². The number of fused-ring (bicyclic) bond motifs is 1. The van der Waals surface area contributed by atoms with Gasteiger partial charge in [0.15, 0.2) is 0 Å². The van der Waals surface area contributed by atoms with Gasteiger partial charge >= 0.3 is 0 Å². The second-order valence-electron chi connectivity index (χ2n) is 4.83. The van der Waals surface area contributed by atoms with Crippen LogP contribution >= 0.6 is 11.6 Å². The molecule has 22 heavy (non-hydrogen) atoms. The maximum atomic E-state index is 15.7. The molecule has 3 rings (SSSR count). The summed E-state index contributed by atoms with van der Waals surface area (Å²) in [5.74, 6) is -0.614. The Labute approximate surface area is 131 Å². The summed E-state index contributed by atoms with van der Waals surface area (Å²) in [5, 5.41) is 11.7. The van der Waals surface area contributed by atoms with E-state index in [2.05, 4.69) is 5.32 Å². The van der Waals surface area contributed by atoms with Gasteiger partial charge in [0.25, 0.3) is 5.91 Å². The topological polar surface area (TPSA) is 62.1 Å². The van der Waals surface area contributed by atoms with Gasteiger partial charge in [0.05, 0.1) is 18.7 Å². The van der Waals surface area contributed by atoms with Crippen LogP contribution in [-0.4, -0.2) is 13.0 Å². The van der Waals surface area contributed by atoms with Crippen molar-refractivity contribution in [3.63, 3.8) is 0 Å². The SMILES string of the molecule is COc1ccc(Cl)cc1C1(F)C(=O)Nc2cc(C#N)ccc21. The fourth-order valence-electron chi connectivity index (χ4n) is 2.57. The Morgan fingerprint density at radius 2 is 2.05 bits per heavy atom. The molecule has 0 saturated heterocycles. The molecule has 1 aliphatic heterocycles. The number of nitrogens with zero attached hydrogens (tertiary/aromatic N) is 1. The molecular weight excluding hydrogens is 307 g/mol. The van der Waals surface area contributed by atoms with E-state index in [0.717, 1.165) is 0 Å². The Morgan fingerprint density at radius 1 is 1.27 bits per heavy atom. The smallest absolute Gasteiger partial charge is 0.271 e. The zero-order valence-electron chi connectivity index (χ0n) is 11.5. The second kappa shape index (κ2) is 5.00. The van der Waals surface area contributed by atoms with Crippen molar-refractivity contribution in [1.82, 2.24) is 0 Å². The van der Waals surface area contributed by atoms with Gasteiger partial charge < -0.3 is 10.1 Å². The van der Waals surface area contributed by atoms with Gasteiger partial charge in [0, 0.05) is 21.8 Å². The van der Waals surface area contributed by atoms with Crippen LogP contribution in [0.3, 0.4) is 0 Å². The number of rotatable bonds is 2. The zero-order chi connectivity index (χ0) is 15.9. The van der Waals surface area contributed by atoms with E-state index in [-0.39, 0.29) is 22.6 Å². The number of carbonyl (C=O) groups is 1. The summed E-state index contributed by atoms with van der Waals surface area (Å²) in [4.78, 5) is 12.3. The first-order chi connectivity index (χ1) is 10.5. The molecule has 0 aliphatic carbocycles. The zero-order valence-corrected chi connectivity index (χ0v) is 12.2. The molecular formula is C16H10ClFN2O2. The molecule has 1 aliphatic rings. The van der Waals surface area contributed by atoms with E-state index in [1.807, 2.05) is 6.07 Å². The lowest BCUT2D eigenvalue weighted by molar-refractivity contribution is -0.124. The van der Waals surface area contributed by atoms with Crippen LogP contribution in [0.4, 0.5) is 10.1 Å². The second-order valence-corrected chi connectivity index (χ2v) is 5.27. The van der Waals surface area contributed by atoms with E-state index >= 15 is 4.39 Å². The molecule has 0 fully saturated rings. The molecule has 0 aromatic heterocycles. The lowest BCUT2D eigenvalue weighted by Crippen LogP contribution is -2.31. The molecule has 0 radical (unpaired) electrons. The molecule has 0 spiro atoms. The van der Waals surface area contributed by atoms with Crippen LogP contribution in [-0.2, 0) is 10.5 Å². The normalized spacial score (nSPS) is 19.3. The van der Waals surface area contributed by atoms with Crippen LogP contribution < -0.4 is 10.1 Å². The Bertz CT molecular complexity index is 831. The number of nitriles is 1. The van der Waals surface area contributed by atoms with Crippen LogP contribution in [0.25, 0.3) is 0 Å². The molecule has 1 N–H and O–H groups in total. The van der Waals surface area contributed by atoms with Crippen molar-refractivity contribution in [2.24, 2.45) is 0 Å². The quantitative estimate of drug-likeness (QED) is 0.923. The molecule has 0 bridgehead atoms. The number of carbonyl (C=O) groups excluding carboxylic acids is 1. The largest absolute Gasteiger partial charge is 0.496 e. The average Bonchev–Trinajstić information content (AvgIpc) is 2.78. The summed E-state index contributed by atoms with van der Waals surface area (Å²) in [5.41, 5.74) is -1.64. The monoisotopic (exact) mass is 316 g/mol. The highest BCUT2D eigenvalue weighted by atomic mass is 35.5. The lowest BCUT2D eigenvalue weighted by atomic mass is 9.88. The number of halogens is 2. The summed E-state index contributed by atoms with van der Waals surface area (Å²) in [6.45, 7) is 0. The summed E-state index contributed by atoms with van der Waals surface area (Å²) in [7, 11) is 1.39. The van der Waals surface area contributed by atoms with E-state index in [1.54, 1.807) is 6.07 Å². The summed E-state index contributed by atoms with van der Waals surface area (Å²) in [6.07, 6.45) is 0. The molecule has 4 nitrogen and oxygen atoms in total. The van der Waals surface area contributed by atoms with Gasteiger partial charge in [0.1, 0.15) is 5.75 Å². The number of methoxy groups -OCH3 is 1. The summed E-state index contributed by atoms with van der Waals surface area (Å²) >= 11 is 5.94. The van der Waals surface area contributed by atoms with Crippen LogP contribution in [0.15, 0.2) is 36.4 Å². The Balaban J connectivity index is 2.26. The minimum absolute atomic E-state index is 0.0310. The number of hydrogen-bond donors (Lipinski definition) is 1. The van der Waals surface area contributed by atoms with Gasteiger partial charge in [-0.2, -0.15) is 5.26 Å². The Morgan fingerprint density at radius 3 is 2.73 bits per heavy atom. The third kappa shape index (κ3) is 1.92. The Hall–Kier alpha value is -2.58. The first-order valence-electron chi connectivity index (χ1n) is 6.39. The number of benzene rings is 2. The fourth-order valence-corrected chi connectivity index (χ4v) is 2.74. The van der Waals surface area contributed by atoms with E-state index < -0.39 is 11.6 Å². The van der Waals surface area contributed by atoms with Gasteiger partial charge in [-0.05, 0) is 30.3 Å². The highest BCUT2D eigenvalue weighted by Crippen LogP contribution is 2.47. The van der Waals surface area contributed by atoms with Gasteiger partial charge in [-0.3, -0.25) is 4.79 Å². The predicted octanol–water partition coefficient (Wildman–Crippen LogP) is 3.39. The Kier molecular flexibility index (Phi) is 3.27. The third-order valence-corrected chi connectivity index (χ3v) is 3.85. The van der Waals surface area contributed by atoms with E-state index in [9.17, 15) is 4.79 Å². The molecule has 1 atom stereocenters. The molecule has 1 heterocycles. The first kappa shape index (κ1) is 14.4. The van der Waals surface area contributed by atoms with Crippen molar-refractivity contribution >= 4 is 23.2 Å². The highest BCUT2D eigenvalue weighted by molar-refractivity contribution is 6.30. The maximum Gasteiger partial charge on any atom is 0.271 e. The molecule has 2 aromatic carbocycles. The van der Waals surface area contributed by atoms with Crippen molar-refractivity contribution < 1.29 is 13.9 Å². The van der Waals surface area contributed by atoms with Crippen molar-refractivity contribution in [3.05, 3.63) is 58.1 Å². The fraction of sp³-hybridized carbons (Fsp3) is 0.125. The minimum atomic E-state index is -2.42. The van der Waals surface area contributed by atoms with Crippen molar-refractivity contribution in [2.45, 2.75) is 5.67 Å². The van der Waals surface area contributed by atoms with Crippen LogP contribution in [0.2, 0.25) is 5.02 Å². The van der Waals surface area contributed by atoms with E-state index in [1.165, 1.54) is 37.4 Å². The van der Waals surface area contributed by atoms with Gasteiger partial charge in [-0.1, -0.05) is 17.7 Å². The number of alkyl halides is 1. The molecule has 2 aromatic rings. The van der Waals surface area contributed by atoms with E-state index in [4.69, 9.17) is 21.6 Å². The number of anilines is 1. The van der Waals surface area contributed by atoms with Gasteiger partial charge in [-0.15, -0.1) is 0 Å². The van der Waals surface area contributed by atoms with Gasteiger partial charge in [0.2, 0.25) is 5.67 Å². The predicted molar refractivity (Wildman–Crippen MR) is 79.7 cm³/mol. The van der Waals surface area contributed by atoms with Crippen molar-refractivity contribution in [1.29, 1.82) is 5.26 Å². The van der Waals surface area contributed by atoms with Crippen LogP contribution in [0.1, 0.15) is 16.7 Å². The third-order valence-electron chi connectivity index (χ3n) is 3.61. The van der Waals surface area contributed by atoms with E-state index in [0.29, 0.717) is 10.6 Å². The summed E-state index contributed by atoms with van der Waals surface area (Å²) < 4.78 is 20.8. The number of amides is 1. The molecule has 1 unspecified atom stereocenters. The highest BCUT2D eigenvalue weighted by Gasteiger charge is 2.51. The van der Waals surface area contributed by atoms with Crippen LogP contribution in [0, 0.1) is 11.3 Å². The van der Waals surface area contributed by atoms with Gasteiger partial charge in [-0.25, -0.2) is 4.39 Å². The number of hydrogen-bond acceptors (Lipinski definition) is 3. The maximum absolute atomic E-state index is 15.7. The van der Waals surface area contributed by atoms with Crippen molar-refractivity contribution in [2.75, 3.05) is 12.4 Å². The minimum Gasteiger partial charge on any atom is -0.496 e. The lowest BCUT2D eigenvalue weighted by Gasteiger charge is -2.21. The van der Waals surface area contributed by atoms with Crippen LogP contribution in [0.5, 0.6) is 5.75 Å². The number of nitrogens with one attached hydrogen (secondary N) is 1. The molecule has 0 saturated carbocycles. The average molecular weight is 317 g/mol. The first-order valence-corrected chi connectivity index (χ1v) is 6.77. The molecule has 110 valence electrons.